The summed E-state index contributed by atoms with van der Waals surface area (Å²) in [4.78, 5) is 32.5. The highest BCUT2D eigenvalue weighted by atomic mass is 35.5. The number of halogens is 2. The van der Waals surface area contributed by atoms with Gasteiger partial charge in [0.05, 0.1) is 19.3 Å². The number of hydrogen-bond acceptors (Lipinski definition) is 5. The number of nitrogens with one attached hydrogen (secondary N) is 1. The van der Waals surface area contributed by atoms with E-state index in [0.29, 0.717) is 38.9 Å². The molecule has 1 atom stereocenters. The summed E-state index contributed by atoms with van der Waals surface area (Å²) < 4.78 is 5.21. The van der Waals surface area contributed by atoms with Gasteiger partial charge in [-0.1, -0.05) is 53.2 Å². The number of thioether (sulfide) groups is 1. The molecule has 174 valence electrons. The Bertz CT molecular complexity index is 1220. The lowest BCUT2D eigenvalue weighted by Crippen LogP contribution is -2.44. The van der Waals surface area contributed by atoms with Gasteiger partial charge >= 0.3 is 0 Å². The minimum atomic E-state index is -0.633. The Hall–Kier alpha value is -3.00. The van der Waals surface area contributed by atoms with Crippen LogP contribution < -0.4 is 10.1 Å². The monoisotopic (exact) mass is 513 g/mol. The summed E-state index contributed by atoms with van der Waals surface area (Å²) in [6.45, 7) is 0.319. The maximum absolute atomic E-state index is 13.2. The molecule has 1 unspecified atom stereocenters. The number of aliphatic imine (C=N–C) groups is 1. The fourth-order valence-electron chi connectivity index (χ4n) is 3.32. The van der Waals surface area contributed by atoms with E-state index in [0.717, 1.165) is 5.56 Å². The SMILES string of the molecule is COc1cccc(NC(=O)C2CC(=O)N(Cc3ccc(Cl)cc3)C(=Nc3ccc(Cl)cc3)S2)c1. The molecule has 1 fully saturated rings. The summed E-state index contributed by atoms with van der Waals surface area (Å²) in [6, 6.07) is 21.3. The number of amidine groups is 1. The molecule has 34 heavy (non-hydrogen) atoms. The van der Waals surface area contributed by atoms with E-state index in [-0.39, 0.29) is 18.2 Å². The third-order valence-electron chi connectivity index (χ3n) is 5.07. The van der Waals surface area contributed by atoms with Crippen molar-refractivity contribution in [1.82, 2.24) is 4.90 Å². The van der Waals surface area contributed by atoms with Crippen molar-refractivity contribution in [3.05, 3.63) is 88.4 Å². The largest absolute Gasteiger partial charge is 0.497 e. The first kappa shape index (κ1) is 24.1. The molecule has 1 saturated heterocycles. The third-order valence-corrected chi connectivity index (χ3v) is 6.77. The smallest absolute Gasteiger partial charge is 0.238 e. The second-order valence-corrected chi connectivity index (χ2v) is 9.55. The molecule has 4 rings (SSSR count). The number of carbonyl (C=O) groups excluding carboxylic acids is 2. The summed E-state index contributed by atoms with van der Waals surface area (Å²) in [5, 5.41) is 3.89. The van der Waals surface area contributed by atoms with Gasteiger partial charge in [-0.2, -0.15) is 0 Å². The maximum Gasteiger partial charge on any atom is 0.238 e. The molecule has 0 aliphatic carbocycles. The van der Waals surface area contributed by atoms with Gasteiger partial charge in [0.25, 0.3) is 0 Å². The number of anilines is 1. The van der Waals surface area contributed by atoms with Crippen molar-refractivity contribution >= 4 is 63.3 Å². The van der Waals surface area contributed by atoms with Gasteiger partial charge < -0.3 is 10.1 Å². The van der Waals surface area contributed by atoms with Crippen LogP contribution in [0.1, 0.15) is 12.0 Å². The zero-order valence-corrected chi connectivity index (χ0v) is 20.5. The van der Waals surface area contributed by atoms with E-state index in [1.807, 2.05) is 12.1 Å². The second kappa shape index (κ2) is 11.0. The minimum absolute atomic E-state index is 0.0493. The van der Waals surface area contributed by atoms with Crippen LogP contribution in [-0.4, -0.2) is 34.2 Å². The fraction of sp³-hybridized carbons (Fsp3) is 0.160. The summed E-state index contributed by atoms with van der Waals surface area (Å²) in [7, 11) is 1.56. The first-order valence-corrected chi connectivity index (χ1v) is 12.1. The van der Waals surface area contributed by atoms with Crippen LogP contribution in [-0.2, 0) is 16.1 Å². The molecule has 3 aromatic rings. The number of carbonyl (C=O) groups is 2. The molecule has 1 aliphatic heterocycles. The molecule has 0 aromatic heterocycles. The number of benzene rings is 3. The van der Waals surface area contributed by atoms with Crippen LogP contribution in [0.25, 0.3) is 0 Å². The molecule has 0 radical (unpaired) electrons. The topological polar surface area (TPSA) is 71.0 Å². The standard InChI is InChI=1S/C25H21Cl2N3O3S/c1-33-21-4-2-3-20(13-21)28-24(32)22-14-23(31)30(15-16-5-7-17(26)8-6-16)25(34-22)29-19-11-9-18(27)10-12-19/h2-13,22H,14-15H2,1H3,(H,28,32). The Labute approximate surface area is 211 Å². The summed E-state index contributed by atoms with van der Waals surface area (Å²) in [6.07, 6.45) is 0.0493. The molecule has 3 aromatic carbocycles. The predicted molar refractivity (Wildman–Crippen MR) is 138 cm³/mol. The van der Waals surface area contributed by atoms with E-state index >= 15 is 0 Å². The fourth-order valence-corrected chi connectivity index (χ4v) is 4.67. The van der Waals surface area contributed by atoms with Crippen LogP contribution in [0.2, 0.25) is 10.0 Å². The van der Waals surface area contributed by atoms with Crippen LogP contribution in [0.5, 0.6) is 5.75 Å². The van der Waals surface area contributed by atoms with E-state index < -0.39 is 5.25 Å². The summed E-state index contributed by atoms with van der Waals surface area (Å²) in [5.41, 5.74) is 2.13. The van der Waals surface area contributed by atoms with E-state index in [2.05, 4.69) is 10.3 Å². The molecule has 2 amide bonds. The zero-order valence-electron chi connectivity index (χ0n) is 18.2. The predicted octanol–water partition coefficient (Wildman–Crippen LogP) is 6.16. The molecule has 0 bridgehead atoms. The Balaban J connectivity index is 1.59. The number of ether oxygens (including phenoxy) is 1. The lowest BCUT2D eigenvalue weighted by molar-refractivity contribution is -0.129. The van der Waals surface area contributed by atoms with Crippen molar-refractivity contribution in [3.63, 3.8) is 0 Å². The highest BCUT2D eigenvalue weighted by molar-refractivity contribution is 8.15. The number of rotatable bonds is 6. The Morgan fingerprint density at radius 1 is 1.09 bits per heavy atom. The van der Waals surface area contributed by atoms with Crippen LogP contribution in [0.3, 0.4) is 0 Å². The second-order valence-electron chi connectivity index (χ2n) is 7.51. The van der Waals surface area contributed by atoms with Gasteiger partial charge in [-0.3, -0.25) is 14.5 Å². The Morgan fingerprint density at radius 3 is 2.44 bits per heavy atom. The molecule has 9 heteroatoms. The quantitative estimate of drug-likeness (QED) is 0.428. The lowest BCUT2D eigenvalue weighted by Gasteiger charge is -2.32. The molecule has 0 saturated carbocycles. The first-order chi connectivity index (χ1) is 16.4. The number of hydrogen-bond donors (Lipinski definition) is 1. The van der Waals surface area contributed by atoms with Gasteiger partial charge in [0, 0.05) is 28.2 Å². The molecule has 1 aliphatic rings. The normalized spacial score (nSPS) is 17.0. The minimum Gasteiger partial charge on any atom is -0.497 e. The van der Waals surface area contributed by atoms with Crippen molar-refractivity contribution in [3.8, 4) is 5.75 Å². The van der Waals surface area contributed by atoms with Gasteiger partial charge in [-0.15, -0.1) is 0 Å². The maximum atomic E-state index is 13.2. The first-order valence-electron chi connectivity index (χ1n) is 10.4. The summed E-state index contributed by atoms with van der Waals surface area (Å²) >= 11 is 13.3. The van der Waals surface area contributed by atoms with E-state index in [1.54, 1.807) is 72.7 Å². The van der Waals surface area contributed by atoms with E-state index in [4.69, 9.17) is 27.9 Å². The molecule has 0 spiro atoms. The highest BCUT2D eigenvalue weighted by Gasteiger charge is 2.36. The van der Waals surface area contributed by atoms with Crippen LogP contribution in [0.4, 0.5) is 11.4 Å². The van der Waals surface area contributed by atoms with Gasteiger partial charge in [-0.05, 0) is 54.1 Å². The van der Waals surface area contributed by atoms with Crippen LogP contribution in [0, 0.1) is 0 Å². The summed E-state index contributed by atoms with van der Waals surface area (Å²) in [5.74, 6) is 0.165. The van der Waals surface area contributed by atoms with Crippen molar-refractivity contribution in [2.45, 2.75) is 18.2 Å². The molecule has 1 N–H and O–H groups in total. The van der Waals surface area contributed by atoms with Crippen LogP contribution in [0.15, 0.2) is 77.8 Å². The van der Waals surface area contributed by atoms with Crippen molar-refractivity contribution in [1.29, 1.82) is 0 Å². The molecule has 6 nitrogen and oxygen atoms in total. The molecule has 1 heterocycles. The number of amides is 2. The molecular formula is C25H21Cl2N3O3S. The van der Waals surface area contributed by atoms with Crippen LogP contribution >= 0.6 is 35.0 Å². The third kappa shape index (κ3) is 6.11. The lowest BCUT2D eigenvalue weighted by atomic mass is 10.2. The average Bonchev–Trinajstić information content (AvgIpc) is 2.83. The van der Waals surface area contributed by atoms with Crippen molar-refractivity contribution in [2.24, 2.45) is 4.99 Å². The molecular weight excluding hydrogens is 493 g/mol. The van der Waals surface area contributed by atoms with E-state index in [1.165, 1.54) is 11.8 Å². The highest BCUT2D eigenvalue weighted by Crippen LogP contribution is 2.31. The Morgan fingerprint density at radius 2 is 1.76 bits per heavy atom. The van der Waals surface area contributed by atoms with Crippen molar-refractivity contribution in [2.75, 3.05) is 12.4 Å². The van der Waals surface area contributed by atoms with Gasteiger partial charge in [0.1, 0.15) is 11.0 Å². The number of nitrogens with zero attached hydrogens (tertiary/aromatic N) is 2. The van der Waals surface area contributed by atoms with Gasteiger partial charge in [-0.25, -0.2) is 4.99 Å². The van der Waals surface area contributed by atoms with Gasteiger partial charge in [0.2, 0.25) is 11.8 Å². The number of methoxy groups -OCH3 is 1. The zero-order chi connectivity index (χ0) is 24.1. The van der Waals surface area contributed by atoms with Gasteiger partial charge in [0.15, 0.2) is 5.17 Å². The average molecular weight is 514 g/mol. The Kier molecular flexibility index (Phi) is 7.77. The van der Waals surface area contributed by atoms with Crippen molar-refractivity contribution < 1.29 is 14.3 Å². The van der Waals surface area contributed by atoms with E-state index in [9.17, 15) is 9.59 Å².